The smallest absolute Gasteiger partial charge is 0.326 e. The standard InChI is InChI=1S/C25H21F3N2O2S/c26-25(27,28)20-11-4-5-12-21(20)30-24(32)22(16-7-2-1-3-8-16)33-19-10-6-9-18(15-19)29-23(31)17-13-14-17/h1-12,15,17,22H,13-14H2,(H,29,31)(H,30,32). The van der Waals surface area contributed by atoms with Gasteiger partial charge in [-0.15, -0.1) is 11.8 Å². The van der Waals surface area contributed by atoms with Crippen molar-refractivity contribution in [3.63, 3.8) is 0 Å². The van der Waals surface area contributed by atoms with Crippen LogP contribution in [0.5, 0.6) is 0 Å². The van der Waals surface area contributed by atoms with Gasteiger partial charge in [0.1, 0.15) is 5.25 Å². The van der Waals surface area contributed by atoms with Crippen LogP contribution in [0.3, 0.4) is 0 Å². The van der Waals surface area contributed by atoms with E-state index in [1.807, 2.05) is 0 Å². The minimum absolute atomic E-state index is 0.0294. The predicted octanol–water partition coefficient (Wildman–Crippen LogP) is 6.53. The van der Waals surface area contributed by atoms with Crippen LogP contribution in [0.4, 0.5) is 24.5 Å². The van der Waals surface area contributed by atoms with Gasteiger partial charge in [0.05, 0.1) is 11.3 Å². The van der Waals surface area contributed by atoms with E-state index in [9.17, 15) is 22.8 Å². The number of amides is 2. The summed E-state index contributed by atoms with van der Waals surface area (Å²) in [5.41, 5.74) is 0.0744. The highest BCUT2D eigenvalue weighted by Crippen LogP contribution is 2.39. The first-order valence-electron chi connectivity index (χ1n) is 10.4. The normalized spacial score (nSPS) is 14.4. The molecule has 1 aliphatic rings. The third-order valence-electron chi connectivity index (χ3n) is 5.13. The Morgan fingerprint density at radius 2 is 1.58 bits per heavy atom. The second-order valence-corrected chi connectivity index (χ2v) is 8.91. The summed E-state index contributed by atoms with van der Waals surface area (Å²) in [4.78, 5) is 26.0. The van der Waals surface area contributed by atoms with E-state index in [4.69, 9.17) is 0 Å². The molecule has 0 bridgehead atoms. The molecule has 0 spiro atoms. The molecule has 8 heteroatoms. The molecule has 1 atom stereocenters. The maximum absolute atomic E-state index is 13.4. The molecule has 0 saturated heterocycles. The number of alkyl halides is 3. The van der Waals surface area contributed by atoms with Gasteiger partial charge >= 0.3 is 6.18 Å². The monoisotopic (exact) mass is 470 g/mol. The summed E-state index contributed by atoms with van der Waals surface area (Å²) in [5, 5.41) is 4.53. The highest BCUT2D eigenvalue weighted by molar-refractivity contribution is 8.00. The Labute approximate surface area is 193 Å². The summed E-state index contributed by atoms with van der Waals surface area (Å²) in [7, 11) is 0. The van der Waals surface area contributed by atoms with Crippen LogP contribution in [0, 0.1) is 5.92 Å². The minimum Gasteiger partial charge on any atom is -0.326 e. The summed E-state index contributed by atoms with van der Waals surface area (Å²) in [5.74, 6) is -0.550. The van der Waals surface area contributed by atoms with Crippen molar-refractivity contribution in [2.24, 2.45) is 5.92 Å². The van der Waals surface area contributed by atoms with Gasteiger partial charge in [-0.2, -0.15) is 13.2 Å². The Morgan fingerprint density at radius 1 is 0.879 bits per heavy atom. The summed E-state index contributed by atoms with van der Waals surface area (Å²) in [6, 6.07) is 20.8. The van der Waals surface area contributed by atoms with Crippen LogP contribution < -0.4 is 10.6 Å². The number of nitrogens with one attached hydrogen (secondary N) is 2. The lowest BCUT2D eigenvalue weighted by atomic mass is 10.1. The highest BCUT2D eigenvalue weighted by Gasteiger charge is 2.34. The Hall–Kier alpha value is -3.26. The fourth-order valence-corrected chi connectivity index (χ4v) is 4.39. The SMILES string of the molecule is O=C(Nc1cccc(SC(C(=O)Nc2ccccc2C(F)(F)F)c2ccccc2)c1)C1CC1. The summed E-state index contributed by atoms with van der Waals surface area (Å²) in [6.45, 7) is 0. The Bertz CT molecular complexity index is 1150. The highest BCUT2D eigenvalue weighted by atomic mass is 32.2. The maximum Gasteiger partial charge on any atom is 0.418 e. The topological polar surface area (TPSA) is 58.2 Å². The van der Waals surface area contributed by atoms with E-state index in [-0.39, 0.29) is 17.5 Å². The van der Waals surface area contributed by atoms with E-state index in [1.54, 1.807) is 54.6 Å². The fraction of sp³-hybridized carbons (Fsp3) is 0.200. The van der Waals surface area contributed by atoms with Gasteiger partial charge in [0.15, 0.2) is 0 Å². The summed E-state index contributed by atoms with van der Waals surface area (Å²) in [6.07, 6.45) is -2.82. The van der Waals surface area contributed by atoms with Gasteiger partial charge in [-0.1, -0.05) is 48.5 Å². The quantitative estimate of drug-likeness (QED) is 0.386. The molecule has 0 aromatic heterocycles. The molecule has 0 heterocycles. The first-order valence-corrected chi connectivity index (χ1v) is 11.3. The number of rotatable bonds is 7. The summed E-state index contributed by atoms with van der Waals surface area (Å²) < 4.78 is 40.2. The number of anilines is 2. The van der Waals surface area contributed by atoms with Gasteiger partial charge < -0.3 is 10.6 Å². The molecular formula is C25H21F3N2O2S. The molecule has 1 saturated carbocycles. The second-order valence-electron chi connectivity index (χ2n) is 7.73. The van der Waals surface area contributed by atoms with Crippen molar-refractivity contribution < 1.29 is 22.8 Å². The Morgan fingerprint density at radius 3 is 2.27 bits per heavy atom. The zero-order valence-electron chi connectivity index (χ0n) is 17.4. The van der Waals surface area contributed by atoms with Crippen LogP contribution in [0.25, 0.3) is 0 Å². The molecule has 170 valence electrons. The fourth-order valence-electron chi connectivity index (χ4n) is 3.31. The number of hydrogen-bond acceptors (Lipinski definition) is 3. The van der Waals surface area contributed by atoms with E-state index in [2.05, 4.69) is 10.6 Å². The van der Waals surface area contributed by atoms with E-state index in [1.165, 1.54) is 30.0 Å². The first-order chi connectivity index (χ1) is 15.8. The van der Waals surface area contributed by atoms with Crippen LogP contribution in [-0.4, -0.2) is 11.8 Å². The first kappa shape index (κ1) is 22.9. The molecule has 3 aromatic rings. The number of benzene rings is 3. The molecule has 0 aliphatic heterocycles. The zero-order valence-corrected chi connectivity index (χ0v) is 18.2. The van der Waals surface area contributed by atoms with Gasteiger partial charge in [0.25, 0.3) is 0 Å². The van der Waals surface area contributed by atoms with Crippen LogP contribution in [-0.2, 0) is 15.8 Å². The number of carbonyl (C=O) groups excluding carboxylic acids is 2. The third-order valence-corrected chi connectivity index (χ3v) is 6.38. The van der Waals surface area contributed by atoms with Crippen molar-refractivity contribution in [1.82, 2.24) is 0 Å². The van der Waals surface area contributed by atoms with E-state index >= 15 is 0 Å². The van der Waals surface area contributed by atoms with Crippen LogP contribution >= 0.6 is 11.8 Å². The third kappa shape index (κ3) is 5.96. The number of hydrogen-bond donors (Lipinski definition) is 2. The molecule has 1 aliphatic carbocycles. The van der Waals surface area contributed by atoms with Crippen molar-refractivity contribution in [3.05, 3.63) is 90.0 Å². The molecule has 2 N–H and O–H groups in total. The molecule has 1 fully saturated rings. The number of thioether (sulfide) groups is 1. The van der Waals surface area contributed by atoms with Gasteiger partial charge in [-0.3, -0.25) is 9.59 Å². The zero-order chi connectivity index (χ0) is 23.4. The average molecular weight is 471 g/mol. The van der Waals surface area contributed by atoms with Crippen molar-refractivity contribution in [3.8, 4) is 0 Å². The number of para-hydroxylation sites is 1. The molecule has 4 nitrogen and oxygen atoms in total. The Kier molecular flexibility index (Phi) is 6.74. The van der Waals surface area contributed by atoms with E-state index in [0.29, 0.717) is 16.1 Å². The van der Waals surface area contributed by atoms with Crippen molar-refractivity contribution in [2.75, 3.05) is 10.6 Å². The molecule has 2 amide bonds. The summed E-state index contributed by atoms with van der Waals surface area (Å²) >= 11 is 1.20. The molecule has 33 heavy (non-hydrogen) atoms. The van der Waals surface area contributed by atoms with Crippen molar-refractivity contribution in [2.45, 2.75) is 29.2 Å². The Balaban J connectivity index is 1.58. The molecule has 3 aromatic carbocycles. The lowest BCUT2D eigenvalue weighted by Gasteiger charge is -2.19. The van der Waals surface area contributed by atoms with Crippen LogP contribution in [0.1, 0.15) is 29.2 Å². The molecule has 1 unspecified atom stereocenters. The van der Waals surface area contributed by atoms with Crippen molar-refractivity contribution >= 4 is 35.0 Å². The average Bonchev–Trinajstić information content (AvgIpc) is 3.64. The largest absolute Gasteiger partial charge is 0.418 e. The lowest BCUT2D eigenvalue weighted by molar-refractivity contribution is -0.137. The van der Waals surface area contributed by atoms with E-state index in [0.717, 1.165) is 18.9 Å². The number of halogens is 3. The van der Waals surface area contributed by atoms with Gasteiger partial charge in [0, 0.05) is 16.5 Å². The minimum atomic E-state index is -4.59. The molecule has 0 radical (unpaired) electrons. The van der Waals surface area contributed by atoms with Crippen LogP contribution in [0.2, 0.25) is 0 Å². The molecular weight excluding hydrogens is 449 g/mol. The lowest BCUT2D eigenvalue weighted by Crippen LogP contribution is -2.21. The molecule has 4 rings (SSSR count). The van der Waals surface area contributed by atoms with E-state index < -0.39 is 22.9 Å². The predicted molar refractivity (Wildman–Crippen MR) is 123 cm³/mol. The van der Waals surface area contributed by atoms with Gasteiger partial charge in [0.2, 0.25) is 11.8 Å². The van der Waals surface area contributed by atoms with Gasteiger partial charge in [-0.05, 0) is 48.7 Å². The van der Waals surface area contributed by atoms with Gasteiger partial charge in [-0.25, -0.2) is 0 Å². The number of carbonyl (C=O) groups is 2. The van der Waals surface area contributed by atoms with Crippen LogP contribution in [0.15, 0.2) is 83.8 Å². The van der Waals surface area contributed by atoms with Crippen molar-refractivity contribution in [1.29, 1.82) is 0 Å². The second kappa shape index (κ2) is 9.70. The maximum atomic E-state index is 13.4.